The Balaban J connectivity index is 0.000000236. The van der Waals surface area contributed by atoms with Crippen LogP contribution in [-0.2, 0) is 0 Å². The third-order valence-electron chi connectivity index (χ3n) is 3.98. The van der Waals surface area contributed by atoms with Crippen molar-refractivity contribution >= 4 is 23.8 Å². The quantitative estimate of drug-likeness (QED) is 0.430. The number of benzene rings is 4. The summed E-state index contributed by atoms with van der Waals surface area (Å²) in [5, 5.41) is 4.19. The smallest absolute Gasteiger partial charge is 0.0134 e. The first-order valence-electron chi connectivity index (χ1n) is 8.81. The normalized spacial score (nSPS) is 10.1. The van der Waals surface area contributed by atoms with E-state index in [2.05, 4.69) is 110 Å². The summed E-state index contributed by atoms with van der Waals surface area (Å²) in [7, 11) is -0.446. The molecular weight excluding hydrogens is 331 g/mol. The lowest BCUT2D eigenvalue weighted by Crippen LogP contribution is -2.20. The summed E-state index contributed by atoms with van der Waals surface area (Å²) < 4.78 is 0. The van der Waals surface area contributed by atoms with Gasteiger partial charge in [0.25, 0.3) is 0 Å². The van der Waals surface area contributed by atoms with Gasteiger partial charge < -0.3 is 0 Å². The summed E-state index contributed by atoms with van der Waals surface area (Å²) in [6.45, 7) is 2.08. The Morgan fingerprint density at radius 1 is 0.385 bits per heavy atom. The van der Waals surface area contributed by atoms with Crippen LogP contribution in [0.25, 0.3) is 0 Å². The van der Waals surface area contributed by atoms with Crippen LogP contribution in [0.4, 0.5) is 0 Å². The van der Waals surface area contributed by atoms with Gasteiger partial charge in [-0.15, -0.1) is 0 Å². The van der Waals surface area contributed by atoms with Gasteiger partial charge in [-0.05, 0) is 30.8 Å². The van der Waals surface area contributed by atoms with Gasteiger partial charge in [-0.3, -0.25) is 0 Å². The average molecular weight is 354 g/mol. The average Bonchev–Trinajstić information content (AvgIpc) is 2.72. The van der Waals surface area contributed by atoms with E-state index in [1.807, 2.05) is 18.2 Å². The number of hydrogen-bond donors (Lipinski definition) is 0. The van der Waals surface area contributed by atoms with Crippen molar-refractivity contribution in [3.8, 4) is 0 Å². The molecular formula is C25H23P. The molecule has 0 aliphatic rings. The molecule has 128 valence electrons. The predicted octanol–water partition coefficient (Wildman–Crippen LogP) is 5.44. The predicted molar refractivity (Wildman–Crippen MR) is 116 cm³/mol. The maximum Gasteiger partial charge on any atom is -0.0134 e. The van der Waals surface area contributed by atoms with Crippen molar-refractivity contribution in [3.05, 3.63) is 127 Å². The van der Waals surface area contributed by atoms with Crippen molar-refractivity contribution in [1.29, 1.82) is 0 Å². The first kappa shape index (κ1) is 18.1. The molecule has 0 aliphatic carbocycles. The molecule has 1 heteroatoms. The Bertz CT molecular complexity index is 778. The van der Waals surface area contributed by atoms with Gasteiger partial charge in [0.2, 0.25) is 0 Å². The zero-order valence-electron chi connectivity index (χ0n) is 15.0. The van der Waals surface area contributed by atoms with Crippen LogP contribution in [-0.4, -0.2) is 0 Å². The van der Waals surface area contributed by atoms with Crippen LogP contribution in [0.5, 0.6) is 0 Å². The van der Waals surface area contributed by atoms with Crippen LogP contribution < -0.4 is 15.9 Å². The van der Waals surface area contributed by atoms with E-state index in [1.54, 1.807) is 0 Å². The summed E-state index contributed by atoms with van der Waals surface area (Å²) in [5.74, 6) is 0. The highest BCUT2D eigenvalue weighted by Crippen LogP contribution is 2.32. The summed E-state index contributed by atoms with van der Waals surface area (Å²) >= 11 is 0. The molecule has 4 aromatic carbocycles. The van der Waals surface area contributed by atoms with Gasteiger partial charge in [-0.2, -0.15) is 0 Å². The van der Waals surface area contributed by atoms with Gasteiger partial charge in [0.15, 0.2) is 0 Å². The lowest BCUT2D eigenvalue weighted by atomic mass is 10.2. The van der Waals surface area contributed by atoms with Gasteiger partial charge in [0.1, 0.15) is 0 Å². The van der Waals surface area contributed by atoms with Crippen LogP contribution in [0.3, 0.4) is 0 Å². The molecule has 0 spiro atoms. The second-order valence-corrected chi connectivity index (χ2v) is 8.22. The van der Waals surface area contributed by atoms with Crippen LogP contribution in [0.1, 0.15) is 5.56 Å². The molecule has 0 N–H and O–H groups in total. The first-order valence-corrected chi connectivity index (χ1v) is 10.2. The third kappa shape index (κ3) is 5.15. The van der Waals surface area contributed by atoms with Gasteiger partial charge in [0, 0.05) is 0 Å². The fraction of sp³-hybridized carbons (Fsp3) is 0.0400. The summed E-state index contributed by atoms with van der Waals surface area (Å²) in [4.78, 5) is 0. The lowest BCUT2D eigenvalue weighted by molar-refractivity contribution is 1.48. The minimum Gasteiger partial charge on any atom is -0.0622 e. The van der Waals surface area contributed by atoms with Crippen molar-refractivity contribution in [1.82, 2.24) is 0 Å². The summed E-state index contributed by atoms with van der Waals surface area (Å²) in [6, 6.07) is 42.6. The molecule has 0 aromatic heterocycles. The van der Waals surface area contributed by atoms with E-state index in [0.29, 0.717) is 0 Å². The Kier molecular flexibility index (Phi) is 6.76. The first-order chi connectivity index (χ1) is 12.8. The molecule has 0 fully saturated rings. The molecule has 0 amide bonds. The zero-order valence-corrected chi connectivity index (χ0v) is 15.9. The lowest BCUT2D eigenvalue weighted by Gasteiger charge is -2.18. The molecule has 0 aliphatic heterocycles. The van der Waals surface area contributed by atoms with Crippen LogP contribution in [0, 0.1) is 6.92 Å². The third-order valence-corrected chi connectivity index (χ3v) is 6.43. The van der Waals surface area contributed by atoms with E-state index in [9.17, 15) is 0 Å². The minimum atomic E-state index is -0.446. The summed E-state index contributed by atoms with van der Waals surface area (Å²) in [6.07, 6.45) is 0. The molecule has 0 saturated heterocycles. The molecule has 0 unspecified atom stereocenters. The number of rotatable bonds is 3. The van der Waals surface area contributed by atoms with Crippen molar-refractivity contribution in [2.75, 3.05) is 0 Å². The molecule has 26 heavy (non-hydrogen) atoms. The van der Waals surface area contributed by atoms with Crippen molar-refractivity contribution in [2.24, 2.45) is 0 Å². The Morgan fingerprint density at radius 2 is 0.654 bits per heavy atom. The van der Waals surface area contributed by atoms with Gasteiger partial charge in [0.05, 0.1) is 0 Å². The Morgan fingerprint density at radius 3 is 0.885 bits per heavy atom. The SMILES string of the molecule is Cc1ccccc1.c1ccc(P(c2ccccc2)c2ccccc2)cc1. The van der Waals surface area contributed by atoms with Gasteiger partial charge >= 0.3 is 0 Å². The van der Waals surface area contributed by atoms with Crippen molar-refractivity contribution in [3.63, 3.8) is 0 Å². The van der Waals surface area contributed by atoms with Gasteiger partial charge in [-0.1, -0.05) is 127 Å². The molecule has 0 atom stereocenters. The monoisotopic (exact) mass is 354 g/mol. The Hall–Kier alpha value is -2.69. The Labute approximate surface area is 157 Å². The van der Waals surface area contributed by atoms with E-state index < -0.39 is 7.92 Å². The highest BCUT2D eigenvalue weighted by Gasteiger charge is 2.14. The molecule has 4 aromatic rings. The topological polar surface area (TPSA) is 0 Å². The fourth-order valence-electron chi connectivity index (χ4n) is 2.71. The highest BCUT2D eigenvalue weighted by atomic mass is 31.1. The van der Waals surface area contributed by atoms with Gasteiger partial charge in [-0.25, -0.2) is 0 Å². The second-order valence-electron chi connectivity index (χ2n) is 6.00. The van der Waals surface area contributed by atoms with E-state index in [4.69, 9.17) is 0 Å². The molecule has 0 nitrogen and oxygen atoms in total. The van der Waals surface area contributed by atoms with Crippen molar-refractivity contribution in [2.45, 2.75) is 6.92 Å². The molecule has 4 rings (SSSR count). The van der Waals surface area contributed by atoms with Crippen LogP contribution in [0.2, 0.25) is 0 Å². The van der Waals surface area contributed by atoms with E-state index >= 15 is 0 Å². The molecule has 0 saturated carbocycles. The van der Waals surface area contributed by atoms with Crippen LogP contribution in [0.15, 0.2) is 121 Å². The maximum atomic E-state index is 2.23. The number of hydrogen-bond acceptors (Lipinski definition) is 0. The van der Waals surface area contributed by atoms with E-state index in [1.165, 1.54) is 21.5 Å². The number of aryl methyl sites for hydroxylation is 1. The minimum absolute atomic E-state index is 0.446. The molecule has 0 heterocycles. The van der Waals surface area contributed by atoms with Crippen LogP contribution >= 0.6 is 7.92 Å². The molecule has 0 bridgehead atoms. The fourth-order valence-corrected chi connectivity index (χ4v) is 5.02. The van der Waals surface area contributed by atoms with E-state index in [0.717, 1.165) is 0 Å². The maximum absolute atomic E-state index is 2.23. The standard InChI is InChI=1S/C18H15P.C7H8/c1-4-10-16(11-5-1)19(17-12-6-2-7-13-17)18-14-8-3-9-15-18;1-7-5-3-2-4-6-7/h1-15H;2-6H,1H3. The second kappa shape index (κ2) is 9.70. The molecule has 0 radical (unpaired) electrons. The van der Waals surface area contributed by atoms with E-state index in [-0.39, 0.29) is 0 Å². The summed E-state index contributed by atoms with van der Waals surface area (Å²) in [5.41, 5.74) is 1.32. The highest BCUT2D eigenvalue weighted by molar-refractivity contribution is 7.79. The van der Waals surface area contributed by atoms with Crippen molar-refractivity contribution < 1.29 is 0 Å². The largest absolute Gasteiger partial charge is 0.0622 e. The zero-order chi connectivity index (χ0) is 18.0.